The number of carbonyl (C=O) groups is 2. The third-order valence-electron chi connectivity index (χ3n) is 9.17. The molecule has 0 saturated heterocycles. The predicted molar refractivity (Wildman–Crippen MR) is 287 cm³/mol. The first-order valence-electron chi connectivity index (χ1n) is 24.9. The highest BCUT2D eigenvalue weighted by molar-refractivity contribution is 7.47. The number of phosphoric acid groups is 2. The standard InChI is InChI=1S/C55H84O15P2/c1-3-5-7-9-11-13-15-17-19-21-23-24-26-28-30-32-34-36-38-40-42-44-55(60)66-46-52(57)48-68-72(63,64)70-50-53(58)49-69-71(61,62)67-47-51(56)45-65-54(59)43-41-39-37-35-33-31-29-27-25-22-20-18-16-14-12-10-8-6-4-2/h5-8,10-14,16-20,22-25,27-31,33-34,36,51-53,56-58H,3-4,9,15,21,26,32,35,37-50H2,1-2H3,(H,61,62)(H,63,64)/b7-5-,8-6+,12-10+,13-11-,16-14-,19-17-,20-18+,24-23-,25-22+,29-27+,30-28-,33-31+,36-34-. The van der Waals surface area contributed by atoms with Crippen molar-refractivity contribution >= 4 is 27.6 Å². The molecule has 0 aliphatic heterocycles. The van der Waals surface area contributed by atoms with Crippen LogP contribution in [-0.4, -0.2) is 95.0 Å². The minimum Gasteiger partial charge on any atom is -0.463 e. The van der Waals surface area contributed by atoms with E-state index in [-0.39, 0.29) is 12.8 Å². The second-order valence-corrected chi connectivity index (χ2v) is 18.8. The summed E-state index contributed by atoms with van der Waals surface area (Å²) in [5.41, 5.74) is 0. The zero-order valence-electron chi connectivity index (χ0n) is 42.5. The molecule has 404 valence electrons. The molecule has 0 aromatic carbocycles. The average molecular weight is 1050 g/mol. The molecule has 17 heteroatoms. The SMILES string of the molecule is CC/C=C\C/C=C\C/C=C\C/C=C\C/C=C\C/C=C\CCCCC(=O)OCC(O)COP(=O)(O)OCC(O)COP(=O)(O)OCC(O)COC(=O)CCCCC/C=C/C=C/C=C/C=C/C=C\C=C\C=C\CC. The fraction of sp³-hybridized carbons (Fsp3) is 0.491. The van der Waals surface area contributed by atoms with Gasteiger partial charge in [-0.25, -0.2) is 9.13 Å². The third-order valence-corrected chi connectivity index (χ3v) is 11.1. The molecule has 0 saturated carbocycles. The van der Waals surface area contributed by atoms with Crippen molar-refractivity contribution in [3.8, 4) is 0 Å². The minimum absolute atomic E-state index is 0.131. The zero-order valence-corrected chi connectivity index (χ0v) is 44.3. The number of esters is 2. The summed E-state index contributed by atoms with van der Waals surface area (Å²) in [5.74, 6) is -1.09. The maximum atomic E-state index is 12.2. The molecule has 0 heterocycles. The lowest BCUT2D eigenvalue weighted by atomic mass is 10.1. The summed E-state index contributed by atoms with van der Waals surface area (Å²) in [6.45, 7) is -0.000926. The highest BCUT2D eigenvalue weighted by atomic mass is 31.2. The highest BCUT2D eigenvalue weighted by Crippen LogP contribution is 2.45. The fourth-order valence-corrected chi connectivity index (χ4v) is 6.96. The quantitative estimate of drug-likeness (QED) is 0.0126. The van der Waals surface area contributed by atoms with Crippen molar-refractivity contribution in [3.63, 3.8) is 0 Å². The summed E-state index contributed by atoms with van der Waals surface area (Å²) in [4.78, 5) is 43.8. The van der Waals surface area contributed by atoms with E-state index in [2.05, 4.69) is 111 Å². The third kappa shape index (κ3) is 50.6. The molecule has 0 aliphatic rings. The molecule has 0 amide bonds. The van der Waals surface area contributed by atoms with Crippen LogP contribution in [0, 0.1) is 0 Å². The summed E-state index contributed by atoms with van der Waals surface area (Å²) in [7, 11) is -9.63. The van der Waals surface area contributed by atoms with Crippen LogP contribution in [0.3, 0.4) is 0 Å². The molecule has 5 atom stereocenters. The van der Waals surface area contributed by atoms with Gasteiger partial charge in [-0.1, -0.05) is 178 Å². The van der Waals surface area contributed by atoms with Crippen molar-refractivity contribution in [3.05, 3.63) is 158 Å². The van der Waals surface area contributed by atoms with Gasteiger partial charge in [0.15, 0.2) is 0 Å². The van der Waals surface area contributed by atoms with E-state index in [1.54, 1.807) is 0 Å². The van der Waals surface area contributed by atoms with Crippen molar-refractivity contribution in [1.29, 1.82) is 0 Å². The minimum atomic E-state index is -4.82. The number of hydrogen-bond donors (Lipinski definition) is 5. The number of ether oxygens (including phenoxy) is 2. The Kier molecular flexibility index (Phi) is 46.0. The Hall–Kier alpha value is -4.34. The average Bonchev–Trinajstić information content (AvgIpc) is 3.36. The Balaban J connectivity index is 4.02. The molecule has 5 unspecified atom stereocenters. The molecule has 5 N–H and O–H groups in total. The molecule has 0 rings (SSSR count). The van der Waals surface area contributed by atoms with Crippen LogP contribution in [0.5, 0.6) is 0 Å². The van der Waals surface area contributed by atoms with Gasteiger partial charge < -0.3 is 34.6 Å². The lowest BCUT2D eigenvalue weighted by Gasteiger charge is -2.19. The van der Waals surface area contributed by atoms with Crippen LogP contribution in [0.15, 0.2) is 158 Å². The van der Waals surface area contributed by atoms with E-state index in [1.807, 2.05) is 79.0 Å². The van der Waals surface area contributed by atoms with Crippen LogP contribution in [-0.2, 0) is 46.3 Å². The van der Waals surface area contributed by atoms with Crippen LogP contribution in [0.1, 0.15) is 117 Å². The lowest BCUT2D eigenvalue weighted by molar-refractivity contribution is -0.148. The Bertz CT molecular complexity index is 1890. The van der Waals surface area contributed by atoms with Crippen LogP contribution < -0.4 is 0 Å². The highest BCUT2D eigenvalue weighted by Gasteiger charge is 2.28. The monoisotopic (exact) mass is 1050 g/mol. The van der Waals surface area contributed by atoms with Crippen LogP contribution in [0.4, 0.5) is 0 Å². The summed E-state index contributed by atoms with van der Waals surface area (Å²) >= 11 is 0. The number of rotatable bonds is 45. The van der Waals surface area contributed by atoms with Gasteiger partial charge in [0.25, 0.3) is 0 Å². The van der Waals surface area contributed by atoms with Crippen molar-refractivity contribution in [2.45, 2.75) is 135 Å². The number of phosphoric ester groups is 2. The van der Waals surface area contributed by atoms with Crippen LogP contribution >= 0.6 is 15.6 Å². The van der Waals surface area contributed by atoms with Gasteiger partial charge in [-0.2, -0.15) is 0 Å². The van der Waals surface area contributed by atoms with E-state index >= 15 is 0 Å². The summed E-state index contributed by atoms with van der Waals surface area (Å²) in [6.07, 6.45) is 60.8. The molecule has 0 aromatic heterocycles. The van der Waals surface area contributed by atoms with E-state index in [9.17, 15) is 43.8 Å². The molecular formula is C55H84O15P2. The molecule has 0 spiro atoms. The van der Waals surface area contributed by atoms with E-state index in [0.29, 0.717) is 12.8 Å². The molecular weight excluding hydrogens is 963 g/mol. The fourth-order valence-electron chi connectivity index (χ4n) is 5.37. The number of allylic oxidation sites excluding steroid dienone is 26. The summed E-state index contributed by atoms with van der Waals surface area (Å²) in [5, 5.41) is 30.1. The Labute approximate surface area is 430 Å². The van der Waals surface area contributed by atoms with Gasteiger partial charge in [-0.3, -0.25) is 27.7 Å². The van der Waals surface area contributed by atoms with Gasteiger partial charge in [-0.05, 0) is 83.5 Å². The first kappa shape index (κ1) is 67.7. The maximum absolute atomic E-state index is 12.2. The predicted octanol–water partition coefficient (Wildman–Crippen LogP) is 11.9. The Morgan fingerprint density at radius 2 is 0.667 bits per heavy atom. The molecule has 72 heavy (non-hydrogen) atoms. The van der Waals surface area contributed by atoms with E-state index in [1.165, 1.54) is 0 Å². The van der Waals surface area contributed by atoms with Crippen LogP contribution in [0.25, 0.3) is 0 Å². The van der Waals surface area contributed by atoms with Crippen LogP contribution in [0.2, 0.25) is 0 Å². The van der Waals surface area contributed by atoms with Gasteiger partial charge in [0.1, 0.15) is 31.5 Å². The van der Waals surface area contributed by atoms with E-state index in [4.69, 9.17) is 9.47 Å². The molecule has 0 aliphatic carbocycles. The largest absolute Gasteiger partial charge is 0.472 e. The van der Waals surface area contributed by atoms with Gasteiger partial charge in [0, 0.05) is 12.8 Å². The number of unbranched alkanes of at least 4 members (excludes halogenated alkanes) is 5. The Morgan fingerprint density at radius 1 is 0.375 bits per heavy atom. The number of carbonyl (C=O) groups excluding carboxylic acids is 2. The van der Waals surface area contributed by atoms with Gasteiger partial charge >= 0.3 is 27.6 Å². The lowest BCUT2D eigenvalue weighted by Crippen LogP contribution is -2.25. The van der Waals surface area contributed by atoms with E-state index < -0.39 is 85.5 Å². The molecule has 15 nitrogen and oxygen atoms in total. The molecule has 0 bridgehead atoms. The van der Waals surface area contributed by atoms with Gasteiger partial charge in [0.2, 0.25) is 0 Å². The summed E-state index contributed by atoms with van der Waals surface area (Å²) in [6, 6.07) is 0. The topological polar surface area (TPSA) is 225 Å². The molecule has 0 radical (unpaired) electrons. The first-order valence-corrected chi connectivity index (χ1v) is 27.9. The van der Waals surface area contributed by atoms with Crippen molar-refractivity contribution in [1.82, 2.24) is 0 Å². The van der Waals surface area contributed by atoms with Gasteiger partial charge in [-0.15, -0.1) is 0 Å². The molecule has 0 aromatic rings. The molecule has 0 fully saturated rings. The van der Waals surface area contributed by atoms with Crippen molar-refractivity contribution in [2.24, 2.45) is 0 Å². The maximum Gasteiger partial charge on any atom is 0.472 e. The first-order chi connectivity index (χ1) is 34.8. The summed E-state index contributed by atoms with van der Waals surface area (Å²) < 4.78 is 53.0. The van der Waals surface area contributed by atoms with Crippen molar-refractivity contribution < 1.29 is 71.4 Å². The number of hydrogen-bond acceptors (Lipinski definition) is 13. The Morgan fingerprint density at radius 3 is 1.06 bits per heavy atom. The second kappa shape index (κ2) is 48.9. The number of aliphatic hydroxyl groups excluding tert-OH is 3. The normalized spacial score (nSPS) is 16.2. The van der Waals surface area contributed by atoms with Crippen molar-refractivity contribution in [2.75, 3.05) is 39.6 Å². The van der Waals surface area contributed by atoms with E-state index in [0.717, 1.165) is 77.0 Å². The van der Waals surface area contributed by atoms with Gasteiger partial charge in [0.05, 0.1) is 26.4 Å². The zero-order chi connectivity index (χ0) is 53.1. The number of aliphatic hydroxyl groups is 3. The second-order valence-electron chi connectivity index (χ2n) is 15.9. The smallest absolute Gasteiger partial charge is 0.463 e.